The Morgan fingerprint density at radius 2 is 1.02 bits per heavy atom. The average molecular weight is 677 g/mol. The fourth-order valence-electron chi connectivity index (χ4n) is 8.31. The number of hydrogen-bond acceptors (Lipinski definition) is 1. The predicted molar refractivity (Wildman–Crippen MR) is 225 cm³/mol. The second kappa shape index (κ2) is 12.8. The summed E-state index contributed by atoms with van der Waals surface area (Å²) in [5.74, 6) is 1.07. The molecule has 250 valence electrons. The fraction of sp³-hybridized carbons (Fsp3) is 0.0392. The van der Waals surface area contributed by atoms with Crippen molar-refractivity contribution in [3.63, 3.8) is 0 Å². The molecule has 0 saturated heterocycles. The van der Waals surface area contributed by atoms with E-state index in [1.54, 1.807) is 0 Å². The van der Waals surface area contributed by atoms with Crippen LogP contribution in [0.4, 0.5) is 0 Å². The van der Waals surface area contributed by atoms with Crippen LogP contribution in [0, 0.1) is 0 Å². The quantitative estimate of drug-likeness (QED) is 0.160. The predicted octanol–water partition coefficient (Wildman–Crippen LogP) is 13.7. The maximum atomic E-state index is 4.96. The number of rotatable bonds is 6. The molecule has 0 fully saturated rings. The van der Waals surface area contributed by atoms with E-state index in [4.69, 9.17) is 4.98 Å². The van der Waals surface area contributed by atoms with Gasteiger partial charge in [0, 0.05) is 12.1 Å². The van der Waals surface area contributed by atoms with Gasteiger partial charge in [-0.3, -0.25) is 4.57 Å². The molecule has 0 aliphatic carbocycles. The number of aromatic nitrogens is 2. The van der Waals surface area contributed by atoms with Crippen LogP contribution in [0.25, 0.3) is 93.5 Å². The Balaban J connectivity index is 1.22. The first-order chi connectivity index (χ1) is 26.2. The Kier molecular flexibility index (Phi) is 7.47. The second-order valence-electron chi connectivity index (χ2n) is 13.8. The van der Waals surface area contributed by atoms with Gasteiger partial charge in [0.2, 0.25) is 0 Å². The van der Waals surface area contributed by atoms with Crippen LogP contribution in [0.1, 0.15) is 12.7 Å². The number of aryl methyl sites for hydroxylation is 1. The van der Waals surface area contributed by atoms with Crippen LogP contribution in [0.5, 0.6) is 0 Å². The molecule has 0 unspecified atom stereocenters. The first kappa shape index (κ1) is 31.0. The van der Waals surface area contributed by atoms with E-state index < -0.39 is 0 Å². The zero-order valence-corrected chi connectivity index (χ0v) is 29.5. The van der Waals surface area contributed by atoms with Gasteiger partial charge in [0.15, 0.2) is 0 Å². The minimum absolute atomic E-state index is 0.855. The smallest absolute Gasteiger partial charge is 0.114 e. The van der Waals surface area contributed by atoms with E-state index in [9.17, 15) is 0 Å². The van der Waals surface area contributed by atoms with Gasteiger partial charge in [-0.1, -0.05) is 159 Å². The van der Waals surface area contributed by atoms with Crippen molar-refractivity contribution in [2.45, 2.75) is 13.3 Å². The van der Waals surface area contributed by atoms with E-state index in [0.29, 0.717) is 0 Å². The summed E-state index contributed by atoms with van der Waals surface area (Å²) in [4.78, 5) is 4.96. The van der Waals surface area contributed by atoms with E-state index in [1.165, 1.54) is 76.8 Å². The monoisotopic (exact) mass is 676 g/mol. The molecule has 2 heteroatoms. The van der Waals surface area contributed by atoms with Gasteiger partial charge in [-0.2, -0.15) is 0 Å². The normalized spacial score (nSPS) is 11.6. The lowest BCUT2D eigenvalue weighted by atomic mass is 9.83. The van der Waals surface area contributed by atoms with Gasteiger partial charge in [-0.05, 0) is 113 Å². The SMILES string of the molecule is CCc1nc2ccccc2n1-c1cccc(-c2cccc(-c3c4ccccc4c(-c4cccc5ccccc45)c4ccc(-c5ccccc5)cc34)c2)c1. The molecule has 0 bridgehead atoms. The summed E-state index contributed by atoms with van der Waals surface area (Å²) in [6.45, 7) is 2.18. The van der Waals surface area contributed by atoms with Gasteiger partial charge in [-0.25, -0.2) is 4.98 Å². The van der Waals surface area contributed by atoms with Crippen molar-refractivity contribution < 1.29 is 0 Å². The molecule has 10 aromatic rings. The Morgan fingerprint density at radius 3 is 1.87 bits per heavy atom. The molecule has 0 aliphatic rings. The molecule has 0 spiro atoms. The molecule has 1 aromatic heterocycles. The number of para-hydroxylation sites is 2. The highest BCUT2D eigenvalue weighted by molar-refractivity contribution is 6.24. The van der Waals surface area contributed by atoms with Crippen LogP contribution in [-0.2, 0) is 6.42 Å². The number of hydrogen-bond donors (Lipinski definition) is 0. The maximum Gasteiger partial charge on any atom is 0.114 e. The number of fused-ring (bicyclic) bond motifs is 4. The molecule has 0 radical (unpaired) electrons. The van der Waals surface area contributed by atoms with Gasteiger partial charge in [0.1, 0.15) is 5.82 Å². The summed E-state index contributed by atoms with van der Waals surface area (Å²) in [5.41, 5.74) is 13.1. The Labute approximate surface area is 309 Å². The van der Waals surface area contributed by atoms with Gasteiger partial charge < -0.3 is 0 Å². The van der Waals surface area contributed by atoms with E-state index in [2.05, 4.69) is 200 Å². The zero-order chi connectivity index (χ0) is 35.3. The summed E-state index contributed by atoms with van der Waals surface area (Å²) in [6, 6.07) is 68.6. The van der Waals surface area contributed by atoms with E-state index in [-0.39, 0.29) is 0 Å². The number of benzene rings is 9. The third kappa shape index (κ3) is 5.22. The van der Waals surface area contributed by atoms with Gasteiger partial charge >= 0.3 is 0 Å². The van der Waals surface area contributed by atoms with Crippen LogP contribution in [0.3, 0.4) is 0 Å². The molecule has 1 heterocycles. The van der Waals surface area contributed by atoms with Crippen LogP contribution in [0.2, 0.25) is 0 Å². The largest absolute Gasteiger partial charge is 0.296 e. The summed E-state index contributed by atoms with van der Waals surface area (Å²) < 4.78 is 2.31. The van der Waals surface area contributed by atoms with Crippen molar-refractivity contribution in [3.05, 3.63) is 194 Å². The van der Waals surface area contributed by atoms with Crippen LogP contribution in [-0.4, -0.2) is 9.55 Å². The Morgan fingerprint density at radius 1 is 0.415 bits per heavy atom. The summed E-state index contributed by atoms with van der Waals surface area (Å²) >= 11 is 0. The van der Waals surface area contributed by atoms with Crippen molar-refractivity contribution in [1.29, 1.82) is 0 Å². The first-order valence-electron chi connectivity index (χ1n) is 18.4. The highest BCUT2D eigenvalue weighted by Gasteiger charge is 2.19. The standard InChI is InChI=1S/C51H36N2/c1-2-49-52-47-27-10-11-28-48(47)53(49)40-22-13-20-37(32-40)36-19-12-21-39(31-36)50-43-24-8-9-25-44(43)51(42-26-14-18-35-17-6-7-23-41(35)42)45-30-29-38(33-46(45)50)34-15-4-3-5-16-34/h3-33H,2H2,1H3. The number of imidazole rings is 1. The molecule has 0 N–H and O–H groups in total. The summed E-state index contributed by atoms with van der Waals surface area (Å²) in [7, 11) is 0. The lowest BCUT2D eigenvalue weighted by Gasteiger charge is -2.20. The van der Waals surface area contributed by atoms with Crippen molar-refractivity contribution in [2.75, 3.05) is 0 Å². The Bertz CT molecular complexity index is 2980. The third-order valence-corrected chi connectivity index (χ3v) is 10.7. The van der Waals surface area contributed by atoms with Gasteiger partial charge in [-0.15, -0.1) is 0 Å². The Hall–Kier alpha value is -6.77. The molecule has 0 amide bonds. The van der Waals surface area contributed by atoms with Gasteiger partial charge in [0.25, 0.3) is 0 Å². The molecule has 0 aliphatic heterocycles. The van der Waals surface area contributed by atoms with E-state index in [1.807, 2.05) is 0 Å². The van der Waals surface area contributed by atoms with Crippen molar-refractivity contribution in [3.8, 4) is 50.2 Å². The molecule has 0 saturated carbocycles. The fourth-order valence-corrected chi connectivity index (χ4v) is 8.31. The van der Waals surface area contributed by atoms with Crippen molar-refractivity contribution >= 4 is 43.4 Å². The van der Waals surface area contributed by atoms with Crippen LogP contribution in [0.15, 0.2) is 188 Å². The van der Waals surface area contributed by atoms with Crippen LogP contribution >= 0.6 is 0 Å². The topological polar surface area (TPSA) is 17.8 Å². The highest BCUT2D eigenvalue weighted by atomic mass is 15.1. The average Bonchev–Trinajstić information content (AvgIpc) is 3.62. The molecule has 53 heavy (non-hydrogen) atoms. The molecule has 2 nitrogen and oxygen atoms in total. The lowest BCUT2D eigenvalue weighted by Crippen LogP contribution is -2.00. The molecule has 9 aromatic carbocycles. The first-order valence-corrected chi connectivity index (χ1v) is 18.4. The van der Waals surface area contributed by atoms with Crippen molar-refractivity contribution in [2.24, 2.45) is 0 Å². The highest BCUT2D eigenvalue weighted by Crippen LogP contribution is 2.46. The molecular weight excluding hydrogens is 641 g/mol. The number of nitrogens with zero attached hydrogens (tertiary/aromatic N) is 2. The van der Waals surface area contributed by atoms with Crippen LogP contribution < -0.4 is 0 Å². The summed E-state index contributed by atoms with van der Waals surface area (Å²) in [6.07, 6.45) is 0.855. The molecule has 10 rings (SSSR count). The lowest BCUT2D eigenvalue weighted by molar-refractivity contribution is 0.908. The van der Waals surface area contributed by atoms with E-state index in [0.717, 1.165) is 29.0 Å². The van der Waals surface area contributed by atoms with Crippen molar-refractivity contribution in [1.82, 2.24) is 9.55 Å². The minimum Gasteiger partial charge on any atom is -0.296 e. The third-order valence-electron chi connectivity index (χ3n) is 10.7. The minimum atomic E-state index is 0.855. The molecule has 0 atom stereocenters. The van der Waals surface area contributed by atoms with Gasteiger partial charge in [0.05, 0.1) is 11.0 Å². The second-order valence-corrected chi connectivity index (χ2v) is 13.8. The molecular formula is C51H36N2. The summed E-state index contributed by atoms with van der Waals surface area (Å²) in [5, 5.41) is 7.51. The zero-order valence-electron chi connectivity index (χ0n) is 29.5. The maximum absolute atomic E-state index is 4.96. The van der Waals surface area contributed by atoms with E-state index >= 15 is 0 Å².